The maximum Gasteiger partial charge on any atom is 0.331 e. The molecule has 0 amide bonds. The van der Waals surface area contributed by atoms with E-state index in [-0.39, 0.29) is 0 Å². The molecule has 41 heavy (non-hydrogen) atoms. The Morgan fingerprint density at radius 3 is 0.732 bits per heavy atom. The minimum atomic E-state index is -1.94. The lowest BCUT2D eigenvalue weighted by molar-refractivity contribution is -0.171. The summed E-state index contributed by atoms with van der Waals surface area (Å²) in [7, 11) is 0. The molecule has 0 aliphatic heterocycles. The Balaban J connectivity index is 6.07. The van der Waals surface area contributed by atoms with Crippen molar-refractivity contribution in [3.63, 3.8) is 0 Å². The number of hydrogen-bond donors (Lipinski definition) is 4. The largest absolute Gasteiger partial charge is 0.478 e. The van der Waals surface area contributed by atoms with Gasteiger partial charge in [0.1, 0.15) is 31.8 Å². The van der Waals surface area contributed by atoms with Crippen molar-refractivity contribution in [1.29, 1.82) is 0 Å². The van der Waals surface area contributed by atoms with Gasteiger partial charge in [0.2, 0.25) is 0 Å². The van der Waals surface area contributed by atoms with Gasteiger partial charge in [-0.25, -0.2) is 19.2 Å². The minimum Gasteiger partial charge on any atom is -0.478 e. The Morgan fingerprint density at radius 1 is 0.415 bits per heavy atom. The third-order valence-corrected chi connectivity index (χ3v) is 4.80. The number of esters is 4. The zero-order valence-corrected chi connectivity index (χ0v) is 21.7. The fourth-order valence-corrected chi connectivity index (χ4v) is 2.39. The van der Waals surface area contributed by atoms with Crippen LogP contribution in [-0.4, -0.2) is 94.6 Å². The van der Waals surface area contributed by atoms with Crippen molar-refractivity contribution in [3.05, 3.63) is 48.6 Å². The Kier molecular flexibility index (Phi) is 14.5. The van der Waals surface area contributed by atoms with Crippen molar-refractivity contribution in [2.75, 3.05) is 26.4 Å². The van der Waals surface area contributed by atoms with Crippen molar-refractivity contribution in [3.8, 4) is 0 Å². The van der Waals surface area contributed by atoms with Crippen molar-refractivity contribution < 1.29 is 77.7 Å². The van der Waals surface area contributed by atoms with Crippen LogP contribution in [0.2, 0.25) is 0 Å². The van der Waals surface area contributed by atoms with E-state index in [4.69, 9.17) is 39.4 Å². The molecule has 16 nitrogen and oxygen atoms in total. The van der Waals surface area contributed by atoms with Gasteiger partial charge in [-0.05, 0) is 0 Å². The highest BCUT2D eigenvalue weighted by atomic mass is 16.6. The monoisotopic (exact) mass is 584 g/mol. The molecule has 0 aliphatic rings. The number of carbonyl (C=O) groups excluding carboxylic acids is 4. The Hall–Kier alpha value is -5.28. The molecule has 0 aliphatic carbocycles. The summed E-state index contributed by atoms with van der Waals surface area (Å²) in [5.74, 6) is -10.7. The number of hydrogen-bond acceptors (Lipinski definition) is 12. The molecule has 0 aromatic heterocycles. The summed E-state index contributed by atoms with van der Waals surface area (Å²) in [5.41, 5.74) is -4.18. The topological polar surface area (TPSA) is 254 Å². The third kappa shape index (κ3) is 14.4. The van der Waals surface area contributed by atoms with E-state index in [1.165, 1.54) is 0 Å². The van der Waals surface area contributed by atoms with E-state index in [0.29, 0.717) is 0 Å². The van der Waals surface area contributed by atoms with Crippen LogP contribution >= 0.6 is 0 Å². The first kappa shape index (κ1) is 35.7. The number of carboxylic acids is 4. The van der Waals surface area contributed by atoms with E-state index in [9.17, 15) is 38.4 Å². The van der Waals surface area contributed by atoms with E-state index < -0.39 is 128 Å². The Morgan fingerprint density at radius 2 is 0.585 bits per heavy atom. The quantitative estimate of drug-likeness (QED) is 0.0850. The molecule has 16 heteroatoms. The van der Waals surface area contributed by atoms with Crippen molar-refractivity contribution in [2.24, 2.45) is 5.41 Å². The maximum absolute atomic E-state index is 12.2. The molecule has 0 saturated heterocycles. The molecule has 0 radical (unpaired) electrons. The molecule has 0 saturated carbocycles. The minimum absolute atomic E-state index is 0.559. The molecule has 0 unspecified atom stereocenters. The Bertz CT molecular complexity index is 977. The van der Waals surface area contributed by atoms with E-state index in [0.717, 1.165) is 0 Å². The summed E-state index contributed by atoms with van der Waals surface area (Å²) < 4.78 is 20.0. The van der Waals surface area contributed by atoms with Crippen LogP contribution in [0.15, 0.2) is 48.6 Å². The van der Waals surface area contributed by atoms with Gasteiger partial charge in [-0.3, -0.25) is 19.2 Å². The number of carboxylic acid groups (broad SMARTS) is 4. The lowest BCUT2D eigenvalue weighted by Gasteiger charge is -2.31. The van der Waals surface area contributed by atoms with E-state index in [1.807, 2.05) is 0 Å². The second kappa shape index (κ2) is 16.6. The lowest BCUT2D eigenvalue weighted by Crippen LogP contribution is -2.44. The number of carbonyl (C=O) groups is 8. The fourth-order valence-electron chi connectivity index (χ4n) is 2.39. The standard InChI is InChI=1S/C25H28O16/c1-13(21(30)31)5-17(26)38-9-25(10-39-18(27)6-14(2)22(32)33,11-40-19(28)7-15(3)23(34)35)12-41-20(29)8-16(4)24(36)37/h1-12H2,(H,30,31)(H,32,33)(H,34,35)(H,36,37). The zero-order chi connectivity index (χ0) is 31.9. The van der Waals surface area contributed by atoms with Gasteiger partial charge in [0, 0.05) is 22.3 Å². The van der Waals surface area contributed by atoms with Crippen LogP contribution in [0.3, 0.4) is 0 Å². The van der Waals surface area contributed by atoms with Crippen LogP contribution in [0.1, 0.15) is 25.7 Å². The van der Waals surface area contributed by atoms with Gasteiger partial charge in [-0.2, -0.15) is 0 Å². The zero-order valence-electron chi connectivity index (χ0n) is 21.7. The predicted molar refractivity (Wildman–Crippen MR) is 132 cm³/mol. The number of rotatable bonds is 20. The van der Waals surface area contributed by atoms with Gasteiger partial charge in [-0.15, -0.1) is 0 Å². The molecule has 0 aromatic rings. The van der Waals surface area contributed by atoms with Crippen LogP contribution in [0.4, 0.5) is 0 Å². The second-order valence-electron chi connectivity index (χ2n) is 8.48. The second-order valence-corrected chi connectivity index (χ2v) is 8.48. The van der Waals surface area contributed by atoms with Crippen LogP contribution in [0.5, 0.6) is 0 Å². The highest BCUT2D eigenvalue weighted by Crippen LogP contribution is 2.23. The van der Waals surface area contributed by atoms with Crippen molar-refractivity contribution >= 4 is 47.8 Å². The van der Waals surface area contributed by atoms with Gasteiger partial charge in [0.25, 0.3) is 0 Å². The van der Waals surface area contributed by atoms with Crippen LogP contribution in [-0.2, 0) is 57.3 Å². The molecule has 224 valence electrons. The average Bonchev–Trinajstić information content (AvgIpc) is 2.87. The summed E-state index contributed by atoms with van der Waals surface area (Å²) in [6, 6.07) is 0. The van der Waals surface area contributed by atoms with Gasteiger partial charge in [-0.1, -0.05) is 26.3 Å². The number of ether oxygens (including phenoxy) is 4. The van der Waals surface area contributed by atoms with Gasteiger partial charge in [0.15, 0.2) is 0 Å². The van der Waals surface area contributed by atoms with Crippen LogP contribution in [0, 0.1) is 5.41 Å². The van der Waals surface area contributed by atoms with Gasteiger partial charge < -0.3 is 39.4 Å². The molecule has 0 aromatic carbocycles. The van der Waals surface area contributed by atoms with Crippen molar-refractivity contribution in [2.45, 2.75) is 25.7 Å². The average molecular weight is 584 g/mol. The van der Waals surface area contributed by atoms with Crippen LogP contribution in [0.25, 0.3) is 0 Å². The molecular weight excluding hydrogens is 556 g/mol. The summed E-state index contributed by atoms with van der Waals surface area (Å²) in [5, 5.41) is 35.6. The smallest absolute Gasteiger partial charge is 0.331 e. The fraction of sp³-hybridized carbons (Fsp3) is 0.360. The normalized spacial score (nSPS) is 10.3. The highest BCUT2D eigenvalue weighted by molar-refractivity contribution is 5.93. The first-order valence-electron chi connectivity index (χ1n) is 11.2. The molecule has 0 atom stereocenters. The Labute approximate surface area is 232 Å². The van der Waals surface area contributed by atoms with Crippen LogP contribution < -0.4 is 0 Å². The van der Waals surface area contributed by atoms with Crippen molar-refractivity contribution in [1.82, 2.24) is 0 Å². The summed E-state index contributed by atoms with van der Waals surface area (Å²) in [6.07, 6.45) is -3.22. The van der Waals surface area contributed by atoms with Gasteiger partial charge in [0.05, 0.1) is 25.7 Å². The highest BCUT2D eigenvalue weighted by Gasteiger charge is 2.38. The summed E-state index contributed by atoms with van der Waals surface area (Å²) in [6.45, 7) is 9.19. The van der Waals surface area contributed by atoms with E-state index in [1.54, 1.807) is 0 Å². The molecule has 0 fully saturated rings. The SMILES string of the molecule is C=C(CC(=O)OCC(COC(=O)CC(=C)C(=O)O)(COC(=O)CC(=C)C(=O)O)COC(=O)CC(=C)C(=O)O)C(=O)O. The third-order valence-electron chi connectivity index (χ3n) is 4.80. The molecule has 0 rings (SSSR count). The lowest BCUT2D eigenvalue weighted by atomic mass is 9.92. The summed E-state index contributed by atoms with van der Waals surface area (Å²) >= 11 is 0. The summed E-state index contributed by atoms with van der Waals surface area (Å²) in [4.78, 5) is 92.5. The molecule has 0 heterocycles. The first-order chi connectivity index (χ1) is 18.9. The van der Waals surface area contributed by atoms with E-state index >= 15 is 0 Å². The maximum atomic E-state index is 12.2. The van der Waals surface area contributed by atoms with E-state index in [2.05, 4.69) is 26.3 Å². The van der Waals surface area contributed by atoms with Gasteiger partial charge >= 0.3 is 47.8 Å². The molecule has 4 N–H and O–H groups in total. The molecule has 0 bridgehead atoms. The molecule has 0 spiro atoms. The number of aliphatic carboxylic acids is 4. The first-order valence-corrected chi connectivity index (χ1v) is 11.2. The predicted octanol–water partition coefficient (Wildman–Crippen LogP) is 0.269. The molecular formula is C25H28O16.